The van der Waals surface area contributed by atoms with E-state index in [1.807, 2.05) is 5.43 Å². The van der Waals surface area contributed by atoms with E-state index in [0.717, 1.165) is 5.69 Å². The summed E-state index contributed by atoms with van der Waals surface area (Å²) in [5.41, 5.74) is 3.28. The van der Waals surface area contributed by atoms with Gasteiger partial charge < -0.3 is 5.32 Å². The maximum Gasteiger partial charge on any atom is 0.321 e. The predicted octanol–water partition coefficient (Wildman–Crippen LogP) is -0.180. The number of nitrogen functional groups attached to an aromatic ring is 1. The Morgan fingerprint density at radius 1 is 1.38 bits per heavy atom. The Balaban J connectivity index is 2.19. The smallest absolute Gasteiger partial charge is 0.321 e. The van der Waals surface area contributed by atoms with E-state index in [4.69, 9.17) is 5.84 Å². The fraction of sp³-hybridized carbons (Fsp3) is 0.200. The number of benzene rings is 1. The quantitative estimate of drug-likeness (QED) is 0.367. The molecule has 1 aromatic rings. The molecule has 0 aromatic heterocycles. The van der Waals surface area contributed by atoms with Crippen molar-refractivity contribution in [3.63, 3.8) is 0 Å². The van der Waals surface area contributed by atoms with Crippen LogP contribution in [0.4, 0.5) is 10.5 Å². The molecule has 1 aliphatic rings. The molecule has 6 heteroatoms. The standard InChI is InChI=1S/C10H12N4O2/c11-13-9(15)7-1-3-8(4-2-7)14-6-5-12-10(14)16/h1-4H,5-6,11H2,(H,12,16)(H,13,15). The van der Waals surface area contributed by atoms with Gasteiger partial charge in [-0.1, -0.05) is 0 Å². The van der Waals surface area contributed by atoms with Crippen molar-refractivity contribution in [2.75, 3.05) is 18.0 Å². The van der Waals surface area contributed by atoms with Crippen LogP contribution in [0.15, 0.2) is 24.3 Å². The molecule has 1 saturated heterocycles. The van der Waals surface area contributed by atoms with Crippen molar-refractivity contribution in [1.29, 1.82) is 0 Å². The number of urea groups is 1. The fourth-order valence-corrected chi connectivity index (χ4v) is 1.59. The SMILES string of the molecule is NNC(=O)c1ccc(N2CCNC2=O)cc1. The molecule has 6 nitrogen and oxygen atoms in total. The second-order valence-electron chi connectivity index (χ2n) is 3.40. The van der Waals surface area contributed by atoms with Crippen LogP contribution in [0.5, 0.6) is 0 Å². The zero-order chi connectivity index (χ0) is 11.5. The Bertz CT molecular complexity index is 415. The van der Waals surface area contributed by atoms with Crippen molar-refractivity contribution >= 4 is 17.6 Å². The lowest BCUT2D eigenvalue weighted by molar-refractivity contribution is 0.0953. The van der Waals surface area contributed by atoms with Gasteiger partial charge in [0, 0.05) is 24.3 Å². The van der Waals surface area contributed by atoms with Gasteiger partial charge in [0.15, 0.2) is 0 Å². The Morgan fingerprint density at radius 2 is 2.06 bits per heavy atom. The average Bonchev–Trinajstić information content (AvgIpc) is 2.75. The van der Waals surface area contributed by atoms with E-state index in [-0.39, 0.29) is 11.9 Å². The highest BCUT2D eigenvalue weighted by Gasteiger charge is 2.20. The molecule has 1 fully saturated rings. The number of carbonyl (C=O) groups is 2. The van der Waals surface area contributed by atoms with Crippen LogP contribution >= 0.6 is 0 Å². The number of nitrogens with two attached hydrogens (primary N) is 1. The molecule has 1 aliphatic heterocycles. The van der Waals surface area contributed by atoms with Crippen molar-refractivity contribution in [2.24, 2.45) is 5.84 Å². The molecule has 1 heterocycles. The summed E-state index contributed by atoms with van der Waals surface area (Å²) >= 11 is 0. The molecule has 2 rings (SSSR count). The Morgan fingerprint density at radius 3 is 2.56 bits per heavy atom. The van der Waals surface area contributed by atoms with Crippen LogP contribution in [-0.2, 0) is 0 Å². The predicted molar refractivity (Wildman–Crippen MR) is 58.8 cm³/mol. The van der Waals surface area contributed by atoms with Crippen LogP contribution in [0.2, 0.25) is 0 Å². The number of hydrogen-bond donors (Lipinski definition) is 3. The molecule has 84 valence electrons. The normalized spacial score (nSPS) is 14.8. The molecule has 0 bridgehead atoms. The van der Waals surface area contributed by atoms with E-state index < -0.39 is 0 Å². The highest BCUT2D eigenvalue weighted by molar-refractivity contribution is 5.96. The molecule has 0 aliphatic carbocycles. The van der Waals surface area contributed by atoms with Gasteiger partial charge in [-0.15, -0.1) is 0 Å². The van der Waals surface area contributed by atoms with Gasteiger partial charge in [-0.2, -0.15) is 0 Å². The van der Waals surface area contributed by atoms with Gasteiger partial charge in [-0.3, -0.25) is 15.1 Å². The molecule has 0 unspecified atom stereocenters. The molecule has 0 spiro atoms. The minimum absolute atomic E-state index is 0.115. The lowest BCUT2D eigenvalue weighted by Gasteiger charge is -2.14. The number of nitrogens with one attached hydrogen (secondary N) is 2. The van der Waals surface area contributed by atoms with Gasteiger partial charge in [-0.25, -0.2) is 10.6 Å². The molecule has 1 aromatic carbocycles. The lowest BCUT2D eigenvalue weighted by Crippen LogP contribution is -2.30. The number of rotatable bonds is 2. The second-order valence-corrected chi connectivity index (χ2v) is 3.40. The number of amides is 3. The summed E-state index contributed by atoms with van der Waals surface area (Å²) in [4.78, 5) is 24.2. The first-order chi connectivity index (χ1) is 7.72. The topological polar surface area (TPSA) is 87.5 Å². The monoisotopic (exact) mass is 220 g/mol. The van der Waals surface area contributed by atoms with Crippen LogP contribution in [-0.4, -0.2) is 25.0 Å². The Hall–Kier alpha value is -2.08. The first-order valence-electron chi connectivity index (χ1n) is 4.89. The summed E-state index contributed by atoms with van der Waals surface area (Å²) in [6.07, 6.45) is 0. The number of hydrogen-bond acceptors (Lipinski definition) is 3. The first kappa shape index (κ1) is 10.4. The van der Waals surface area contributed by atoms with E-state index in [1.54, 1.807) is 29.2 Å². The molecular weight excluding hydrogens is 208 g/mol. The van der Waals surface area contributed by atoms with Crippen molar-refractivity contribution in [1.82, 2.24) is 10.7 Å². The third-order valence-electron chi connectivity index (χ3n) is 2.43. The number of anilines is 1. The largest absolute Gasteiger partial charge is 0.336 e. The molecule has 0 atom stereocenters. The van der Waals surface area contributed by atoms with Gasteiger partial charge in [-0.05, 0) is 24.3 Å². The summed E-state index contributed by atoms with van der Waals surface area (Å²) in [6, 6.07) is 6.58. The number of carbonyl (C=O) groups excluding carboxylic acids is 2. The van der Waals surface area contributed by atoms with Gasteiger partial charge in [0.25, 0.3) is 5.91 Å². The van der Waals surface area contributed by atoms with E-state index in [1.165, 1.54) is 0 Å². The molecular formula is C10H12N4O2. The third kappa shape index (κ3) is 1.82. The van der Waals surface area contributed by atoms with Gasteiger partial charge >= 0.3 is 6.03 Å². The fourth-order valence-electron chi connectivity index (χ4n) is 1.59. The second kappa shape index (κ2) is 4.19. The highest BCUT2D eigenvalue weighted by atomic mass is 16.2. The van der Waals surface area contributed by atoms with Crippen LogP contribution < -0.4 is 21.5 Å². The molecule has 4 N–H and O–H groups in total. The van der Waals surface area contributed by atoms with E-state index in [9.17, 15) is 9.59 Å². The summed E-state index contributed by atoms with van der Waals surface area (Å²) in [7, 11) is 0. The van der Waals surface area contributed by atoms with Gasteiger partial charge in [0.1, 0.15) is 0 Å². The zero-order valence-corrected chi connectivity index (χ0v) is 8.56. The Kier molecular flexibility index (Phi) is 2.74. The summed E-state index contributed by atoms with van der Waals surface area (Å²) in [5, 5.41) is 2.70. The molecule has 0 saturated carbocycles. The van der Waals surface area contributed by atoms with Crippen LogP contribution in [0.1, 0.15) is 10.4 Å². The molecule has 3 amide bonds. The van der Waals surface area contributed by atoms with E-state index in [0.29, 0.717) is 18.7 Å². The van der Waals surface area contributed by atoms with Crippen molar-refractivity contribution in [2.45, 2.75) is 0 Å². The van der Waals surface area contributed by atoms with E-state index >= 15 is 0 Å². The minimum atomic E-state index is -0.350. The zero-order valence-electron chi connectivity index (χ0n) is 8.56. The van der Waals surface area contributed by atoms with Crippen LogP contribution in [0, 0.1) is 0 Å². The van der Waals surface area contributed by atoms with Crippen molar-refractivity contribution in [3.8, 4) is 0 Å². The summed E-state index contributed by atoms with van der Waals surface area (Å²) < 4.78 is 0. The maximum absolute atomic E-state index is 11.4. The van der Waals surface area contributed by atoms with Crippen LogP contribution in [0.25, 0.3) is 0 Å². The summed E-state index contributed by atoms with van der Waals surface area (Å²) in [5.74, 6) is 4.66. The molecule has 16 heavy (non-hydrogen) atoms. The van der Waals surface area contributed by atoms with Gasteiger partial charge in [0.05, 0.1) is 0 Å². The maximum atomic E-state index is 11.4. The van der Waals surface area contributed by atoms with E-state index in [2.05, 4.69) is 5.32 Å². The average molecular weight is 220 g/mol. The lowest BCUT2D eigenvalue weighted by atomic mass is 10.2. The minimum Gasteiger partial charge on any atom is -0.336 e. The highest BCUT2D eigenvalue weighted by Crippen LogP contribution is 2.16. The number of hydrazine groups is 1. The third-order valence-corrected chi connectivity index (χ3v) is 2.43. The number of nitrogens with zero attached hydrogens (tertiary/aromatic N) is 1. The van der Waals surface area contributed by atoms with Crippen LogP contribution in [0.3, 0.4) is 0 Å². The van der Waals surface area contributed by atoms with Crippen molar-refractivity contribution in [3.05, 3.63) is 29.8 Å². The van der Waals surface area contributed by atoms with Crippen molar-refractivity contribution < 1.29 is 9.59 Å². The first-order valence-corrected chi connectivity index (χ1v) is 4.89. The van der Waals surface area contributed by atoms with Gasteiger partial charge in [0.2, 0.25) is 0 Å². The Labute approximate surface area is 92.4 Å². The summed E-state index contributed by atoms with van der Waals surface area (Å²) in [6.45, 7) is 1.28. The molecule has 0 radical (unpaired) electrons.